The fourth-order valence-corrected chi connectivity index (χ4v) is 3.72. The lowest BCUT2D eigenvalue weighted by Gasteiger charge is -2.48. The van der Waals surface area contributed by atoms with E-state index in [4.69, 9.17) is 0 Å². The summed E-state index contributed by atoms with van der Waals surface area (Å²) in [5.41, 5.74) is 7.04. The maximum atomic E-state index is 12.3. The molecule has 3 unspecified atom stereocenters. The van der Waals surface area contributed by atoms with Crippen LogP contribution in [0.15, 0.2) is 28.7 Å². The van der Waals surface area contributed by atoms with Gasteiger partial charge in [-0.3, -0.25) is 4.79 Å². The second-order valence-electron chi connectivity index (χ2n) is 7.31. The summed E-state index contributed by atoms with van der Waals surface area (Å²) < 4.78 is 0. The number of piperidine rings is 1. The topological polar surface area (TPSA) is 83.4 Å². The van der Waals surface area contributed by atoms with E-state index in [1.165, 1.54) is 6.92 Å². The summed E-state index contributed by atoms with van der Waals surface area (Å²) in [4.78, 5) is 22.9. The van der Waals surface area contributed by atoms with Crippen molar-refractivity contribution in [1.29, 1.82) is 0 Å². The van der Waals surface area contributed by atoms with Crippen molar-refractivity contribution in [1.82, 2.24) is 25.6 Å². The van der Waals surface area contributed by atoms with Gasteiger partial charge in [0.1, 0.15) is 18.1 Å². The first-order chi connectivity index (χ1) is 11.8. The smallest absolute Gasteiger partial charge is 0.251 e. The third-order valence-corrected chi connectivity index (χ3v) is 5.36. The van der Waals surface area contributed by atoms with Crippen LogP contribution in [0.1, 0.15) is 26.7 Å². The molecule has 3 aliphatic rings. The largest absolute Gasteiger partial charge is 0.384 e. The number of aliphatic imine (C=N–C) groups is 1. The first kappa shape index (κ1) is 17.8. The van der Waals surface area contributed by atoms with Crippen LogP contribution in [-0.2, 0) is 4.79 Å². The van der Waals surface area contributed by atoms with Gasteiger partial charge in [0.25, 0.3) is 5.91 Å². The molecule has 8 nitrogen and oxygen atoms in total. The number of hydrogen-bond acceptors (Lipinski definition) is 7. The van der Waals surface area contributed by atoms with Gasteiger partial charge in [-0.15, -0.1) is 0 Å². The first-order valence-corrected chi connectivity index (χ1v) is 8.72. The number of fused-ring (bicyclic) bond motifs is 1. The van der Waals surface area contributed by atoms with Crippen LogP contribution in [-0.4, -0.2) is 77.0 Å². The molecule has 0 aromatic carbocycles. The molecule has 3 aliphatic heterocycles. The molecular formula is C17H28N6O2. The summed E-state index contributed by atoms with van der Waals surface area (Å²) in [6, 6.07) is 0. The number of amides is 1. The molecule has 0 spiro atoms. The van der Waals surface area contributed by atoms with Crippen molar-refractivity contribution in [2.24, 2.45) is 4.99 Å². The van der Waals surface area contributed by atoms with Crippen molar-refractivity contribution >= 4 is 12.2 Å². The Morgan fingerprint density at radius 1 is 1.56 bits per heavy atom. The zero-order valence-corrected chi connectivity index (χ0v) is 15.4. The normalized spacial score (nSPS) is 30.0. The molecule has 0 aromatic rings. The molecule has 0 aliphatic carbocycles. The number of rotatable bonds is 3. The monoisotopic (exact) mass is 348 g/mol. The number of aliphatic hydroxyl groups excluding tert-OH is 1. The molecule has 1 fully saturated rings. The zero-order chi connectivity index (χ0) is 18.2. The second-order valence-corrected chi connectivity index (χ2v) is 7.31. The summed E-state index contributed by atoms with van der Waals surface area (Å²) in [5, 5.41) is 9.67. The Morgan fingerprint density at radius 2 is 2.32 bits per heavy atom. The summed E-state index contributed by atoms with van der Waals surface area (Å²) >= 11 is 0. The number of hydrazine groups is 1. The fraction of sp³-hybridized carbons (Fsp3) is 0.647. The molecule has 0 saturated carbocycles. The lowest BCUT2D eigenvalue weighted by atomic mass is 9.88. The Hall–Kier alpha value is -2.06. The van der Waals surface area contributed by atoms with Crippen LogP contribution in [0, 0.1) is 0 Å². The lowest BCUT2D eigenvalue weighted by molar-refractivity contribution is -0.145. The van der Waals surface area contributed by atoms with Crippen molar-refractivity contribution in [2.75, 3.05) is 27.2 Å². The molecular weight excluding hydrogens is 320 g/mol. The van der Waals surface area contributed by atoms with E-state index in [9.17, 15) is 9.90 Å². The van der Waals surface area contributed by atoms with Crippen LogP contribution in [0.25, 0.3) is 0 Å². The summed E-state index contributed by atoms with van der Waals surface area (Å²) in [5.74, 6) is 0.701. The van der Waals surface area contributed by atoms with Crippen LogP contribution < -0.4 is 10.9 Å². The predicted molar refractivity (Wildman–Crippen MR) is 96.1 cm³/mol. The van der Waals surface area contributed by atoms with Crippen molar-refractivity contribution in [3.63, 3.8) is 0 Å². The van der Waals surface area contributed by atoms with Crippen molar-refractivity contribution in [3.8, 4) is 0 Å². The number of hydrogen-bond donors (Lipinski definition) is 3. The van der Waals surface area contributed by atoms with Crippen molar-refractivity contribution < 1.29 is 9.90 Å². The van der Waals surface area contributed by atoms with E-state index in [-0.39, 0.29) is 17.6 Å². The maximum Gasteiger partial charge on any atom is 0.251 e. The summed E-state index contributed by atoms with van der Waals surface area (Å²) in [7, 11) is 3.76. The van der Waals surface area contributed by atoms with E-state index in [2.05, 4.69) is 27.7 Å². The molecule has 3 atom stereocenters. The molecule has 8 heteroatoms. The number of nitrogens with zero attached hydrogens (tertiary/aromatic N) is 4. The van der Waals surface area contributed by atoms with E-state index in [1.54, 1.807) is 11.9 Å². The number of aliphatic hydroxyl groups is 1. The fourth-order valence-electron chi connectivity index (χ4n) is 3.72. The molecule has 3 heterocycles. The molecule has 138 valence electrons. The highest BCUT2D eigenvalue weighted by molar-refractivity contribution is 5.80. The molecule has 0 radical (unpaired) electrons. The summed E-state index contributed by atoms with van der Waals surface area (Å²) in [6.45, 7) is 5.19. The van der Waals surface area contributed by atoms with Gasteiger partial charge in [-0.1, -0.05) is 0 Å². The molecule has 0 aromatic heterocycles. The molecule has 3 N–H and O–H groups in total. The Kier molecular flexibility index (Phi) is 4.75. The molecule has 3 rings (SSSR count). The highest BCUT2D eigenvalue weighted by Gasteiger charge is 2.40. The van der Waals surface area contributed by atoms with E-state index in [1.807, 2.05) is 30.6 Å². The number of likely N-dealkylation sites (tertiary alicyclic amines) is 1. The van der Waals surface area contributed by atoms with Crippen LogP contribution in [0.3, 0.4) is 0 Å². The van der Waals surface area contributed by atoms with E-state index in [0.29, 0.717) is 6.54 Å². The standard InChI is InChI=1S/C17H28N6O2/c1-12(24)16(25)22(4)17(2)7-5-9-23(10-17)14-13-6-8-19-20-15(13)21(3)11-18-14/h6,8,11-12,15,19-20,24H,5,7,9-10H2,1-4H3. The van der Waals surface area contributed by atoms with Gasteiger partial charge in [0.2, 0.25) is 0 Å². The average Bonchev–Trinajstić information content (AvgIpc) is 2.61. The molecule has 1 amide bonds. The van der Waals surface area contributed by atoms with Crippen molar-refractivity contribution in [2.45, 2.75) is 44.5 Å². The SMILES string of the molecule is CC(O)C(=O)N(C)C1(C)CCCN(C2=C3C=CNNC3N(C)C=N2)C1. The highest BCUT2D eigenvalue weighted by Crippen LogP contribution is 2.32. The van der Waals surface area contributed by atoms with Crippen LogP contribution in [0.4, 0.5) is 0 Å². The van der Waals surface area contributed by atoms with E-state index < -0.39 is 6.10 Å². The van der Waals surface area contributed by atoms with Gasteiger partial charge in [0, 0.05) is 39.0 Å². The third kappa shape index (κ3) is 3.23. The maximum absolute atomic E-state index is 12.3. The van der Waals surface area contributed by atoms with Gasteiger partial charge in [0.05, 0.1) is 11.9 Å². The van der Waals surface area contributed by atoms with Crippen molar-refractivity contribution in [3.05, 3.63) is 23.7 Å². The number of likely N-dealkylation sites (N-methyl/N-ethyl adjacent to an activating group) is 2. The van der Waals surface area contributed by atoms with E-state index >= 15 is 0 Å². The third-order valence-electron chi connectivity index (χ3n) is 5.36. The quantitative estimate of drug-likeness (QED) is 0.656. The van der Waals surface area contributed by atoms with Crippen LogP contribution >= 0.6 is 0 Å². The van der Waals surface area contributed by atoms with Crippen LogP contribution in [0.2, 0.25) is 0 Å². The number of nitrogens with one attached hydrogen (secondary N) is 2. The average molecular weight is 348 g/mol. The zero-order valence-electron chi connectivity index (χ0n) is 15.4. The van der Waals surface area contributed by atoms with Gasteiger partial charge in [-0.25, -0.2) is 10.4 Å². The minimum absolute atomic E-state index is 0.0301. The second kappa shape index (κ2) is 6.68. The van der Waals surface area contributed by atoms with Gasteiger partial charge < -0.3 is 25.2 Å². The summed E-state index contributed by atoms with van der Waals surface area (Å²) in [6.07, 6.45) is 6.66. The van der Waals surface area contributed by atoms with Gasteiger partial charge in [-0.05, 0) is 32.8 Å². The minimum Gasteiger partial charge on any atom is -0.384 e. The Labute approximate surface area is 148 Å². The van der Waals surface area contributed by atoms with E-state index in [0.717, 1.165) is 30.8 Å². The molecule has 1 saturated heterocycles. The highest BCUT2D eigenvalue weighted by atomic mass is 16.3. The molecule has 0 bridgehead atoms. The first-order valence-electron chi connectivity index (χ1n) is 8.72. The molecule has 25 heavy (non-hydrogen) atoms. The Balaban J connectivity index is 1.86. The van der Waals surface area contributed by atoms with Gasteiger partial charge in [0.15, 0.2) is 0 Å². The minimum atomic E-state index is -0.985. The number of carbonyl (C=O) groups excluding carboxylic acids is 1. The predicted octanol–water partition coefficient (Wildman–Crippen LogP) is -0.187. The Morgan fingerprint density at radius 3 is 3.04 bits per heavy atom. The van der Waals surface area contributed by atoms with Gasteiger partial charge >= 0.3 is 0 Å². The lowest BCUT2D eigenvalue weighted by Crippen LogP contribution is -2.59. The number of carbonyl (C=O) groups is 1. The Bertz CT molecular complexity index is 629. The van der Waals surface area contributed by atoms with Gasteiger partial charge in [-0.2, -0.15) is 0 Å². The van der Waals surface area contributed by atoms with Crippen LogP contribution in [0.5, 0.6) is 0 Å².